The van der Waals surface area contributed by atoms with Crippen LogP contribution in [0.1, 0.15) is 53.4 Å². The molecule has 1 heterocycles. The van der Waals surface area contributed by atoms with E-state index in [-0.39, 0.29) is 17.4 Å². The fraction of sp³-hybridized carbons (Fsp3) is 0.933. The number of hydrogen-bond acceptors (Lipinski definition) is 3. The van der Waals surface area contributed by atoms with Crippen molar-refractivity contribution in [2.45, 2.75) is 65.0 Å². The predicted molar refractivity (Wildman–Crippen MR) is 79.9 cm³/mol. The minimum atomic E-state index is 0.0872. The van der Waals surface area contributed by atoms with Crippen molar-refractivity contribution in [2.75, 3.05) is 19.6 Å². The van der Waals surface area contributed by atoms with Gasteiger partial charge in [0, 0.05) is 30.6 Å². The zero-order valence-corrected chi connectivity index (χ0v) is 13.0. The molecule has 0 aliphatic carbocycles. The maximum absolute atomic E-state index is 12.0. The molecule has 3 N–H and O–H groups in total. The number of likely N-dealkylation sites (tertiary alicyclic amines) is 1. The number of nitrogens with two attached hydrogens (primary N) is 1. The predicted octanol–water partition coefficient (Wildman–Crippen LogP) is 1.74. The third kappa shape index (κ3) is 5.49. The second-order valence-corrected chi connectivity index (χ2v) is 6.77. The molecule has 1 saturated heterocycles. The van der Waals surface area contributed by atoms with E-state index in [1.807, 2.05) is 6.92 Å². The second-order valence-electron chi connectivity index (χ2n) is 6.77. The van der Waals surface area contributed by atoms with Crippen LogP contribution in [0.3, 0.4) is 0 Å². The number of carbonyl (C=O) groups excluding carboxylic acids is 1. The summed E-state index contributed by atoms with van der Waals surface area (Å²) in [6.07, 6.45) is 3.94. The first kappa shape index (κ1) is 16.4. The number of carbonyl (C=O) groups is 1. The molecule has 1 aliphatic heterocycles. The fourth-order valence-electron chi connectivity index (χ4n) is 2.59. The summed E-state index contributed by atoms with van der Waals surface area (Å²) in [7, 11) is 0. The third-order valence-electron chi connectivity index (χ3n) is 4.08. The van der Waals surface area contributed by atoms with Crippen LogP contribution in [-0.4, -0.2) is 42.0 Å². The Kier molecular flexibility index (Phi) is 6.27. The lowest BCUT2D eigenvalue weighted by molar-refractivity contribution is -0.125. The van der Waals surface area contributed by atoms with Crippen molar-refractivity contribution in [1.82, 2.24) is 10.2 Å². The van der Waals surface area contributed by atoms with E-state index >= 15 is 0 Å². The quantitative estimate of drug-likeness (QED) is 0.799. The van der Waals surface area contributed by atoms with E-state index in [1.54, 1.807) is 0 Å². The Morgan fingerprint density at radius 3 is 2.42 bits per heavy atom. The zero-order valence-electron chi connectivity index (χ0n) is 13.0. The van der Waals surface area contributed by atoms with Crippen LogP contribution in [0.25, 0.3) is 0 Å². The molecule has 0 aromatic rings. The largest absolute Gasteiger partial charge is 0.353 e. The van der Waals surface area contributed by atoms with Crippen LogP contribution in [0.4, 0.5) is 0 Å². The molecule has 1 aliphatic rings. The molecule has 1 rings (SSSR count). The lowest BCUT2D eigenvalue weighted by Gasteiger charge is -2.41. The average Bonchev–Trinajstić information content (AvgIpc) is 2.35. The van der Waals surface area contributed by atoms with E-state index in [0.717, 1.165) is 38.8 Å². The van der Waals surface area contributed by atoms with E-state index in [9.17, 15) is 4.79 Å². The number of hydrogen-bond donors (Lipinski definition) is 2. The lowest BCUT2D eigenvalue weighted by Crippen LogP contribution is -2.51. The molecule has 0 radical (unpaired) electrons. The SMILES string of the molecule is CC(CCCN)C(=O)NC1CCN(C(C)(C)C)CC1. The Labute approximate surface area is 118 Å². The highest BCUT2D eigenvalue weighted by Gasteiger charge is 2.28. The molecule has 19 heavy (non-hydrogen) atoms. The van der Waals surface area contributed by atoms with Crippen molar-refractivity contribution in [3.63, 3.8) is 0 Å². The summed E-state index contributed by atoms with van der Waals surface area (Å²) >= 11 is 0. The highest BCUT2D eigenvalue weighted by atomic mass is 16.1. The zero-order chi connectivity index (χ0) is 14.5. The van der Waals surface area contributed by atoms with Crippen LogP contribution in [-0.2, 0) is 4.79 Å². The lowest BCUT2D eigenvalue weighted by atomic mass is 9.97. The molecule has 4 heteroatoms. The summed E-state index contributed by atoms with van der Waals surface area (Å²) in [5, 5.41) is 3.19. The molecule has 0 aromatic carbocycles. The molecule has 1 atom stereocenters. The minimum absolute atomic E-state index is 0.0872. The van der Waals surface area contributed by atoms with Crippen LogP contribution in [0, 0.1) is 5.92 Å². The summed E-state index contributed by atoms with van der Waals surface area (Å²) in [5.41, 5.74) is 5.72. The van der Waals surface area contributed by atoms with Gasteiger partial charge in [-0.05, 0) is 53.0 Å². The summed E-state index contributed by atoms with van der Waals surface area (Å²) in [4.78, 5) is 14.5. The Bertz CT molecular complexity index is 278. The molecule has 112 valence electrons. The van der Waals surface area contributed by atoms with E-state index in [1.165, 1.54) is 0 Å². The van der Waals surface area contributed by atoms with Crippen molar-refractivity contribution in [3.8, 4) is 0 Å². The number of nitrogens with one attached hydrogen (secondary N) is 1. The van der Waals surface area contributed by atoms with Crippen molar-refractivity contribution >= 4 is 5.91 Å². The van der Waals surface area contributed by atoms with Crippen LogP contribution in [0.5, 0.6) is 0 Å². The Morgan fingerprint density at radius 2 is 1.95 bits per heavy atom. The smallest absolute Gasteiger partial charge is 0.223 e. The van der Waals surface area contributed by atoms with Crippen LogP contribution in [0.2, 0.25) is 0 Å². The average molecular weight is 269 g/mol. The monoisotopic (exact) mass is 269 g/mol. The first-order valence-corrected chi connectivity index (χ1v) is 7.60. The molecular weight excluding hydrogens is 238 g/mol. The summed E-state index contributed by atoms with van der Waals surface area (Å²) in [6, 6.07) is 0.353. The van der Waals surface area contributed by atoms with Crippen LogP contribution >= 0.6 is 0 Å². The van der Waals surface area contributed by atoms with E-state index in [2.05, 4.69) is 31.0 Å². The summed E-state index contributed by atoms with van der Waals surface area (Å²) in [5.74, 6) is 0.284. The molecular formula is C15H31N3O. The van der Waals surface area contributed by atoms with Gasteiger partial charge in [0.05, 0.1) is 0 Å². The van der Waals surface area contributed by atoms with Crippen molar-refractivity contribution in [2.24, 2.45) is 11.7 Å². The van der Waals surface area contributed by atoms with Gasteiger partial charge in [-0.2, -0.15) is 0 Å². The highest BCUT2D eigenvalue weighted by Crippen LogP contribution is 2.20. The molecule has 0 saturated carbocycles. The van der Waals surface area contributed by atoms with Crippen molar-refractivity contribution in [1.29, 1.82) is 0 Å². The van der Waals surface area contributed by atoms with Gasteiger partial charge in [-0.3, -0.25) is 9.69 Å². The first-order valence-electron chi connectivity index (χ1n) is 7.60. The number of nitrogens with zero attached hydrogens (tertiary/aromatic N) is 1. The van der Waals surface area contributed by atoms with Gasteiger partial charge in [0.25, 0.3) is 0 Å². The fourth-order valence-corrected chi connectivity index (χ4v) is 2.59. The van der Waals surface area contributed by atoms with Crippen molar-refractivity contribution in [3.05, 3.63) is 0 Å². The number of amides is 1. The van der Waals surface area contributed by atoms with Gasteiger partial charge in [0.1, 0.15) is 0 Å². The van der Waals surface area contributed by atoms with Crippen LogP contribution in [0.15, 0.2) is 0 Å². The third-order valence-corrected chi connectivity index (χ3v) is 4.08. The van der Waals surface area contributed by atoms with Gasteiger partial charge in [-0.25, -0.2) is 0 Å². The van der Waals surface area contributed by atoms with Gasteiger partial charge < -0.3 is 11.1 Å². The van der Waals surface area contributed by atoms with Gasteiger partial charge >= 0.3 is 0 Å². The molecule has 0 bridgehead atoms. The topological polar surface area (TPSA) is 58.4 Å². The molecule has 1 fully saturated rings. The van der Waals surface area contributed by atoms with Crippen molar-refractivity contribution < 1.29 is 4.79 Å². The maximum Gasteiger partial charge on any atom is 0.223 e. The minimum Gasteiger partial charge on any atom is -0.353 e. The van der Waals surface area contributed by atoms with Gasteiger partial charge in [-0.15, -0.1) is 0 Å². The molecule has 4 nitrogen and oxygen atoms in total. The molecule has 0 aromatic heterocycles. The number of piperidine rings is 1. The summed E-state index contributed by atoms with van der Waals surface area (Å²) in [6.45, 7) is 11.6. The van der Waals surface area contributed by atoms with Gasteiger partial charge in [0.15, 0.2) is 0 Å². The summed E-state index contributed by atoms with van der Waals surface area (Å²) < 4.78 is 0. The molecule has 1 unspecified atom stereocenters. The molecule has 1 amide bonds. The van der Waals surface area contributed by atoms with E-state index < -0.39 is 0 Å². The normalized spacial score (nSPS) is 20.3. The Hall–Kier alpha value is -0.610. The van der Waals surface area contributed by atoms with Crippen LogP contribution < -0.4 is 11.1 Å². The standard InChI is InChI=1S/C15H31N3O/c1-12(6-5-9-16)14(19)17-13-7-10-18(11-8-13)15(2,3)4/h12-13H,5-11,16H2,1-4H3,(H,17,19). The van der Waals surface area contributed by atoms with E-state index in [0.29, 0.717) is 12.6 Å². The maximum atomic E-state index is 12.0. The van der Waals surface area contributed by atoms with E-state index in [4.69, 9.17) is 5.73 Å². The molecule has 0 spiro atoms. The highest BCUT2D eigenvalue weighted by molar-refractivity contribution is 5.78. The Morgan fingerprint density at radius 1 is 1.37 bits per heavy atom. The Balaban J connectivity index is 2.31. The second kappa shape index (κ2) is 7.25. The van der Waals surface area contributed by atoms with Gasteiger partial charge in [0.2, 0.25) is 5.91 Å². The first-order chi connectivity index (χ1) is 8.84. The van der Waals surface area contributed by atoms with Gasteiger partial charge in [-0.1, -0.05) is 6.92 Å². The number of rotatable bonds is 5.